The Hall–Kier alpha value is -2.63. The number of nitrogens with zero attached hydrogens (tertiary/aromatic N) is 2. The minimum atomic E-state index is -0.301. The molecule has 1 saturated heterocycles. The van der Waals surface area contributed by atoms with E-state index in [2.05, 4.69) is 15.3 Å². The van der Waals surface area contributed by atoms with E-state index in [9.17, 15) is 9.59 Å². The predicted octanol–water partition coefficient (Wildman–Crippen LogP) is 2.95. The van der Waals surface area contributed by atoms with Crippen LogP contribution in [0.1, 0.15) is 60.1 Å². The minimum absolute atomic E-state index is 0.186. The highest BCUT2D eigenvalue weighted by Gasteiger charge is 2.27. The zero-order valence-corrected chi connectivity index (χ0v) is 15.6. The Kier molecular flexibility index (Phi) is 5.40. The summed E-state index contributed by atoms with van der Waals surface area (Å²) in [6.45, 7) is 5.33. The van der Waals surface area contributed by atoms with Crippen LogP contribution in [-0.4, -0.2) is 40.9 Å². The molecule has 138 valence electrons. The van der Waals surface area contributed by atoms with Crippen LogP contribution in [0.4, 0.5) is 5.82 Å². The number of rotatable bonds is 4. The molecule has 1 aliphatic rings. The molecule has 0 aliphatic carbocycles. The number of aromatic amines is 1. The second-order valence-electron chi connectivity index (χ2n) is 7.13. The van der Waals surface area contributed by atoms with Crippen molar-refractivity contribution in [2.45, 2.75) is 38.5 Å². The van der Waals surface area contributed by atoms with E-state index in [-0.39, 0.29) is 28.9 Å². The molecule has 1 fully saturated rings. The van der Waals surface area contributed by atoms with Gasteiger partial charge in [0.05, 0.1) is 0 Å². The maximum atomic E-state index is 12.9. The highest BCUT2D eigenvalue weighted by Crippen LogP contribution is 2.28. The van der Waals surface area contributed by atoms with Gasteiger partial charge in [0.15, 0.2) is 0 Å². The fourth-order valence-electron chi connectivity index (χ4n) is 3.44. The van der Waals surface area contributed by atoms with Gasteiger partial charge in [0, 0.05) is 37.9 Å². The molecule has 0 unspecified atom stereocenters. The van der Waals surface area contributed by atoms with Gasteiger partial charge >= 0.3 is 0 Å². The number of pyridine rings is 2. The topological polar surface area (TPSA) is 78.1 Å². The molecule has 2 aromatic heterocycles. The first kappa shape index (κ1) is 18.2. The number of anilines is 1. The van der Waals surface area contributed by atoms with Gasteiger partial charge in [-0.1, -0.05) is 13.8 Å². The molecule has 0 aromatic carbocycles. The molecular formula is C20H26N4O2. The maximum absolute atomic E-state index is 12.9. The number of likely N-dealkylation sites (tertiary alicyclic amines) is 1. The summed E-state index contributed by atoms with van der Waals surface area (Å²) in [5, 5.41) is 3.05. The molecule has 0 saturated carbocycles. The number of carbonyl (C=O) groups is 1. The first-order valence-electron chi connectivity index (χ1n) is 9.15. The lowest BCUT2D eigenvalue weighted by Crippen LogP contribution is -2.41. The largest absolute Gasteiger partial charge is 0.373 e. The highest BCUT2D eigenvalue weighted by atomic mass is 16.2. The SMILES string of the molecule is CNc1cc([C@H]2CCCN(C(=O)c3ccc(C(C)C)[nH]c3=O)C2)ccn1. The summed E-state index contributed by atoms with van der Waals surface area (Å²) in [4.78, 5) is 34.1. The number of H-pyrrole nitrogens is 1. The van der Waals surface area contributed by atoms with Crippen molar-refractivity contribution >= 4 is 11.7 Å². The molecule has 3 rings (SSSR count). The Morgan fingerprint density at radius 2 is 2.15 bits per heavy atom. The molecule has 1 amide bonds. The Morgan fingerprint density at radius 3 is 2.85 bits per heavy atom. The van der Waals surface area contributed by atoms with Gasteiger partial charge in [-0.05, 0) is 48.6 Å². The van der Waals surface area contributed by atoms with Crippen molar-refractivity contribution in [3.63, 3.8) is 0 Å². The third-order valence-corrected chi connectivity index (χ3v) is 5.00. The van der Waals surface area contributed by atoms with Crippen LogP contribution in [0, 0.1) is 0 Å². The van der Waals surface area contributed by atoms with Gasteiger partial charge < -0.3 is 15.2 Å². The monoisotopic (exact) mass is 354 g/mol. The second-order valence-corrected chi connectivity index (χ2v) is 7.13. The lowest BCUT2D eigenvalue weighted by molar-refractivity contribution is 0.0705. The molecule has 0 bridgehead atoms. The van der Waals surface area contributed by atoms with Gasteiger partial charge in [-0.25, -0.2) is 4.98 Å². The molecular weight excluding hydrogens is 328 g/mol. The summed E-state index contributed by atoms with van der Waals surface area (Å²) in [7, 11) is 1.84. The first-order valence-corrected chi connectivity index (χ1v) is 9.15. The smallest absolute Gasteiger partial charge is 0.261 e. The van der Waals surface area contributed by atoms with E-state index in [0.717, 1.165) is 24.4 Å². The Morgan fingerprint density at radius 1 is 1.35 bits per heavy atom. The number of piperidine rings is 1. The average Bonchev–Trinajstić information content (AvgIpc) is 2.67. The molecule has 6 heteroatoms. The standard InChI is InChI=1S/C20H26N4O2/c1-13(2)17-7-6-16(19(25)23-17)20(26)24-10-4-5-15(12-24)14-8-9-22-18(11-14)21-3/h6-9,11,13,15H,4-5,10,12H2,1-3H3,(H,21,22)(H,23,25)/t15-/m0/s1. The number of aromatic nitrogens is 2. The van der Waals surface area contributed by atoms with Crippen molar-refractivity contribution < 1.29 is 4.79 Å². The number of amides is 1. The van der Waals surface area contributed by atoms with Crippen LogP contribution in [0.5, 0.6) is 0 Å². The van der Waals surface area contributed by atoms with E-state index in [0.29, 0.717) is 13.1 Å². The second kappa shape index (κ2) is 7.72. The van der Waals surface area contributed by atoms with E-state index in [1.807, 2.05) is 39.1 Å². The van der Waals surface area contributed by atoms with Crippen molar-refractivity contribution in [3.8, 4) is 0 Å². The van der Waals surface area contributed by atoms with Gasteiger partial charge in [-0.2, -0.15) is 0 Å². The molecule has 1 aliphatic heterocycles. The molecule has 2 aromatic rings. The molecule has 2 N–H and O–H groups in total. The molecule has 26 heavy (non-hydrogen) atoms. The third kappa shape index (κ3) is 3.79. The Labute approximate surface area is 153 Å². The van der Waals surface area contributed by atoms with Gasteiger partial charge in [-0.15, -0.1) is 0 Å². The van der Waals surface area contributed by atoms with Crippen LogP contribution in [-0.2, 0) is 0 Å². The summed E-state index contributed by atoms with van der Waals surface area (Å²) in [5.41, 5.74) is 1.94. The van der Waals surface area contributed by atoms with Crippen LogP contribution in [0.2, 0.25) is 0 Å². The average molecular weight is 354 g/mol. The summed E-state index contributed by atoms with van der Waals surface area (Å²) in [6, 6.07) is 7.53. The first-order chi connectivity index (χ1) is 12.5. The van der Waals surface area contributed by atoms with E-state index < -0.39 is 0 Å². The van der Waals surface area contributed by atoms with Crippen molar-refractivity contribution in [2.75, 3.05) is 25.5 Å². The fourth-order valence-corrected chi connectivity index (χ4v) is 3.44. The van der Waals surface area contributed by atoms with E-state index in [4.69, 9.17) is 0 Å². The van der Waals surface area contributed by atoms with Crippen LogP contribution < -0.4 is 10.9 Å². The van der Waals surface area contributed by atoms with Gasteiger partial charge in [-0.3, -0.25) is 9.59 Å². The van der Waals surface area contributed by atoms with Gasteiger partial charge in [0.25, 0.3) is 11.5 Å². The zero-order chi connectivity index (χ0) is 18.7. The quantitative estimate of drug-likeness (QED) is 0.885. The molecule has 6 nitrogen and oxygen atoms in total. The number of carbonyl (C=O) groups excluding carboxylic acids is 1. The van der Waals surface area contributed by atoms with E-state index in [1.54, 1.807) is 17.2 Å². The van der Waals surface area contributed by atoms with Gasteiger partial charge in [0.2, 0.25) is 0 Å². The van der Waals surface area contributed by atoms with Gasteiger partial charge in [0.1, 0.15) is 11.4 Å². The molecule has 1 atom stereocenters. The number of nitrogens with one attached hydrogen (secondary N) is 2. The number of hydrogen-bond donors (Lipinski definition) is 2. The van der Waals surface area contributed by atoms with E-state index in [1.165, 1.54) is 5.56 Å². The predicted molar refractivity (Wildman–Crippen MR) is 103 cm³/mol. The molecule has 3 heterocycles. The Balaban J connectivity index is 1.79. The highest BCUT2D eigenvalue weighted by molar-refractivity contribution is 5.94. The lowest BCUT2D eigenvalue weighted by atomic mass is 9.91. The lowest BCUT2D eigenvalue weighted by Gasteiger charge is -2.33. The van der Waals surface area contributed by atoms with Crippen LogP contribution in [0.3, 0.4) is 0 Å². The minimum Gasteiger partial charge on any atom is -0.373 e. The molecule has 0 spiro atoms. The summed E-state index contributed by atoms with van der Waals surface area (Å²) < 4.78 is 0. The summed E-state index contributed by atoms with van der Waals surface area (Å²) in [6.07, 6.45) is 3.74. The van der Waals surface area contributed by atoms with Crippen molar-refractivity contribution in [2.24, 2.45) is 0 Å². The van der Waals surface area contributed by atoms with E-state index >= 15 is 0 Å². The number of hydrogen-bond acceptors (Lipinski definition) is 4. The summed E-state index contributed by atoms with van der Waals surface area (Å²) in [5.74, 6) is 1.12. The van der Waals surface area contributed by atoms with Crippen LogP contribution >= 0.6 is 0 Å². The normalized spacial score (nSPS) is 17.4. The van der Waals surface area contributed by atoms with Crippen LogP contribution in [0.25, 0.3) is 0 Å². The molecule has 0 radical (unpaired) electrons. The van der Waals surface area contributed by atoms with Crippen LogP contribution in [0.15, 0.2) is 35.3 Å². The van der Waals surface area contributed by atoms with Crippen molar-refractivity contribution in [1.82, 2.24) is 14.9 Å². The fraction of sp³-hybridized carbons (Fsp3) is 0.450. The van der Waals surface area contributed by atoms with Crippen molar-refractivity contribution in [1.29, 1.82) is 0 Å². The summed E-state index contributed by atoms with van der Waals surface area (Å²) >= 11 is 0. The maximum Gasteiger partial charge on any atom is 0.261 e. The Bertz CT molecular complexity index is 844. The third-order valence-electron chi connectivity index (χ3n) is 5.00. The van der Waals surface area contributed by atoms with Crippen molar-refractivity contribution in [3.05, 3.63) is 57.6 Å². The zero-order valence-electron chi connectivity index (χ0n) is 15.6.